The standard InChI is InChI=1S/C12H18N6O/c1-17-9-10(7-15-17)2-5-18-12(19)6-11(8-16-18)14-4-3-13/h6-9,14H,2-5,13H2,1H3. The van der Waals surface area contributed by atoms with Crippen LogP contribution in [0.5, 0.6) is 0 Å². The Morgan fingerprint density at radius 3 is 2.84 bits per heavy atom. The number of hydrogen-bond donors (Lipinski definition) is 2. The molecule has 102 valence electrons. The minimum absolute atomic E-state index is 0.120. The fraction of sp³-hybridized carbons (Fsp3) is 0.417. The minimum atomic E-state index is -0.120. The molecule has 0 atom stereocenters. The molecule has 0 saturated heterocycles. The highest BCUT2D eigenvalue weighted by atomic mass is 16.1. The molecule has 0 amide bonds. The Hall–Kier alpha value is -2.15. The van der Waals surface area contributed by atoms with Gasteiger partial charge in [-0.2, -0.15) is 10.2 Å². The summed E-state index contributed by atoms with van der Waals surface area (Å²) >= 11 is 0. The van der Waals surface area contributed by atoms with Crippen LogP contribution in [0.1, 0.15) is 5.56 Å². The van der Waals surface area contributed by atoms with Crippen LogP contribution in [0.2, 0.25) is 0 Å². The molecule has 2 rings (SSSR count). The number of anilines is 1. The Morgan fingerprint density at radius 2 is 2.21 bits per heavy atom. The van der Waals surface area contributed by atoms with Crippen molar-refractivity contribution in [2.45, 2.75) is 13.0 Å². The molecule has 0 aliphatic heterocycles. The van der Waals surface area contributed by atoms with Crippen LogP contribution in [-0.2, 0) is 20.0 Å². The van der Waals surface area contributed by atoms with Gasteiger partial charge in [-0.05, 0) is 12.0 Å². The lowest BCUT2D eigenvalue weighted by Crippen LogP contribution is -2.24. The fourth-order valence-electron chi connectivity index (χ4n) is 1.75. The zero-order chi connectivity index (χ0) is 13.7. The lowest BCUT2D eigenvalue weighted by atomic mass is 10.2. The van der Waals surface area contributed by atoms with Crippen LogP contribution in [0.15, 0.2) is 29.5 Å². The van der Waals surface area contributed by atoms with Crippen molar-refractivity contribution in [2.75, 3.05) is 18.4 Å². The predicted octanol–water partition coefficient (Wildman–Crippen LogP) is -0.410. The lowest BCUT2D eigenvalue weighted by Gasteiger charge is -2.06. The van der Waals surface area contributed by atoms with E-state index in [4.69, 9.17) is 5.73 Å². The van der Waals surface area contributed by atoms with Crippen LogP contribution >= 0.6 is 0 Å². The third-order valence-corrected chi connectivity index (χ3v) is 2.71. The Kier molecular flexibility index (Phi) is 4.30. The molecule has 2 aromatic rings. The second kappa shape index (κ2) is 6.14. The van der Waals surface area contributed by atoms with Gasteiger partial charge in [0.05, 0.1) is 18.1 Å². The van der Waals surface area contributed by atoms with Gasteiger partial charge < -0.3 is 11.1 Å². The Bertz CT molecular complexity index is 588. The Balaban J connectivity index is 1.99. The van der Waals surface area contributed by atoms with Gasteiger partial charge in [0.15, 0.2) is 0 Å². The first kappa shape index (κ1) is 13.3. The molecular weight excluding hydrogens is 244 g/mol. The molecule has 0 aromatic carbocycles. The maximum Gasteiger partial charge on any atom is 0.268 e. The summed E-state index contributed by atoms with van der Waals surface area (Å²) in [5.41, 5.74) is 7.05. The first-order valence-electron chi connectivity index (χ1n) is 6.17. The van der Waals surface area contributed by atoms with Crippen molar-refractivity contribution < 1.29 is 0 Å². The van der Waals surface area contributed by atoms with Crippen LogP contribution in [0.4, 0.5) is 5.69 Å². The molecule has 3 N–H and O–H groups in total. The van der Waals surface area contributed by atoms with Gasteiger partial charge in [0, 0.05) is 38.9 Å². The molecule has 7 heteroatoms. The predicted molar refractivity (Wildman–Crippen MR) is 73.0 cm³/mol. The van der Waals surface area contributed by atoms with Crippen molar-refractivity contribution in [3.63, 3.8) is 0 Å². The zero-order valence-corrected chi connectivity index (χ0v) is 10.9. The van der Waals surface area contributed by atoms with Crippen molar-refractivity contribution in [1.29, 1.82) is 0 Å². The Labute approximate surface area is 111 Å². The van der Waals surface area contributed by atoms with Gasteiger partial charge in [-0.25, -0.2) is 4.68 Å². The van der Waals surface area contributed by atoms with Gasteiger partial charge in [0.25, 0.3) is 5.56 Å². The summed E-state index contributed by atoms with van der Waals surface area (Å²) in [5, 5.41) is 11.2. The SMILES string of the molecule is Cn1cc(CCn2ncc(NCCN)cc2=O)cn1. The number of nitrogens with one attached hydrogen (secondary N) is 1. The first-order valence-corrected chi connectivity index (χ1v) is 6.17. The van der Waals surface area contributed by atoms with Crippen molar-refractivity contribution in [3.05, 3.63) is 40.6 Å². The summed E-state index contributed by atoms with van der Waals surface area (Å²) in [6.45, 7) is 1.69. The molecule has 0 radical (unpaired) electrons. The number of hydrogen-bond acceptors (Lipinski definition) is 5. The third kappa shape index (κ3) is 3.65. The molecule has 0 saturated carbocycles. The summed E-state index contributed by atoms with van der Waals surface area (Å²) in [6.07, 6.45) is 6.10. The first-order chi connectivity index (χ1) is 9.19. The van der Waals surface area contributed by atoms with E-state index >= 15 is 0 Å². The quantitative estimate of drug-likeness (QED) is 0.738. The normalized spacial score (nSPS) is 10.6. The molecule has 0 aliphatic carbocycles. The highest BCUT2D eigenvalue weighted by Gasteiger charge is 2.02. The number of rotatable bonds is 6. The maximum absolute atomic E-state index is 11.8. The number of nitrogens with zero attached hydrogens (tertiary/aromatic N) is 4. The summed E-state index contributed by atoms with van der Waals surface area (Å²) in [6, 6.07) is 1.53. The van der Waals surface area contributed by atoms with E-state index in [1.807, 2.05) is 13.2 Å². The Morgan fingerprint density at radius 1 is 1.37 bits per heavy atom. The molecule has 2 aromatic heterocycles. The van der Waals surface area contributed by atoms with E-state index in [0.29, 0.717) is 25.3 Å². The fourth-order valence-corrected chi connectivity index (χ4v) is 1.75. The van der Waals surface area contributed by atoms with Crippen molar-refractivity contribution in [1.82, 2.24) is 19.6 Å². The molecule has 2 heterocycles. The number of nitrogens with two attached hydrogens (primary N) is 1. The van der Waals surface area contributed by atoms with Crippen LogP contribution < -0.4 is 16.6 Å². The average molecular weight is 262 g/mol. The van der Waals surface area contributed by atoms with E-state index in [0.717, 1.165) is 12.0 Å². The lowest BCUT2D eigenvalue weighted by molar-refractivity contribution is 0.578. The summed E-state index contributed by atoms with van der Waals surface area (Å²) in [7, 11) is 1.87. The van der Waals surface area contributed by atoms with E-state index in [-0.39, 0.29) is 5.56 Å². The molecule has 7 nitrogen and oxygen atoms in total. The van der Waals surface area contributed by atoms with Gasteiger partial charge in [-0.1, -0.05) is 0 Å². The molecule has 0 unspecified atom stereocenters. The van der Waals surface area contributed by atoms with Crippen molar-refractivity contribution in [2.24, 2.45) is 12.8 Å². The highest BCUT2D eigenvalue weighted by Crippen LogP contribution is 2.01. The average Bonchev–Trinajstić information content (AvgIpc) is 2.81. The van der Waals surface area contributed by atoms with Crippen LogP contribution in [0.3, 0.4) is 0 Å². The van der Waals surface area contributed by atoms with Crippen molar-refractivity contribution in [3.8, 4) is 0 Å². The van der Waals surface area contributed by atoms with E-state index in [9.17, 15) is 4.79 Å². The summed E-state index contributed by atoms with van der Waals surface area (Å²) < 4.78 is 3.19. The van der Waals surface area contributed by atoms with E-state index < -0.39 is 0 Å². The topological polar surface area (TPSA) is 90.8 Å². The van der Waals surface area contributed by atoms with E-state index in [1.54, 1.807) is 17.1 Å². The number of aromatic nitrogens is 4. The molecule has 19 heavy (non-hydrogen) atoms. The largest absolute Gasteiger partial charge is 0.382 e. The van der Waals surface area contributed by atoms with Crippen LogP contribution in [-0.4, -0.2) is 32.7 Å². The monoisotopic (exact) mass is 262 g/mol. The van der Waals surface area contributed by atoms with Crippen LogP contribution in [0.25, 0.3) is 0 Å². The van der Waals surface area contributed by atoms with Gasteiger partial charge >= 0.3 is 0 Å². The second-order valence-corrected chi connectivity index (χ2v) is 4.29. The van der Waals surface area contributed by atoms with Gasteiger partial charge in [0.1, 0.15) is 0 Å². The molecule has 0 bridgehead atoms. The summed E-state index contributed by atoms with van der Waals surface area (Å²) in [5.74, 6) is 0. The van der Waals surface area contributed by atoms with E-state index in [2.05, 4.69) is 15.5 Å². The molecule has 0 aliphatic rings. The van der Waals surface area contributed by atoms with Gasteiger partial charge in [-0.15, -0.1) is 0 Å². The molecular formula is C12H18N6O. The van der Waals surface area contributed by atoms with Crippen LogP contribution in [0, 0.1) is 0 Å². The van der Waals surface area contributed by atoms with Crippen molar-refractivity contribution >= 4 is 5.69 Å². The number of aryl methyl sites for hydroxylation is 3. The van der Waals surface area contributed by atoms with E-state index in [1.165, 1.54) is 10.7 Å². The minimum Gasteiger partial charge on any atom is -0.382 e. The third-order valence-electron chi connectivity index (χ3n) is 2.71. The zero-order valence-electron chi connectivity index (χ0n) is 10.9. The van der Waals surface area contributed by atoms with Gasteiger partial charge in [-0.3, -0.25) is 9.48 Å². The van der Waals surface area contributed by atoms with Gasteiger partial charge in [0.2, 0.25) is 0 Å². The molecule has 0 spiro atoms. The maximum atomic E-state index is 11.8. The smallest absolute Gasteiger partial charge is 0.268 e. The summed E-state index contributed by atoms with van der Waals surface area (Å²) in [4.78, 5) is 11.8. The molecule has 0 fully saturated rings. The second-order valence-electron chi connectivity index (χ2n) is 4.29. The highest BCUT2D eigenvalue weighted by molar-refractivity contribution is 5.38.